The van der Waals surface area contributed by atoms with E-state index in [1.54, 1.807) is 0 Å². The van der Waals surface area contributed by atoms with Crippen molar-refractivity contribution in [2.24, 2.45) is 17.8 Å². The first kappa shape index (κ1) is 21.0. The van der Waals surface area contributed by atoms with Crippen LogP contribution in [0, 0.1) is 17.8 Å². The third-order valence-corrected chi connectivity index (χ3v) is 5.37. The van der Waals surface area contributed by atoms with Crippen LogP contribution in [0.5, 0.6) is 0 Å². The van der Waals surface area contributed by atoms with Crippen molar-refractivity contribution in [3.63, 3.8) is 0 Å². The predicted octanol–water partition coefficient (Wildman–Crippen LogP) is 6.42. The van der Waals surface area contributed by atoms with Gasteiger partial charge in [-0.2, -0.15) is 0 Å². The van der Waals surface area contributed by atoms with Gasteiger partial charge in [-0.15, -0.1) is 0 Å². The summed E-state index contributed by atoms with van der Waals surface area (Å²) in [5.74, 6) is 2.48. The minimum absolute atomic E-state index is 0.622. The second kappa shape index (κ2) is 12.5. The molecule has 0 heterocycles. The quantitative estimate of drug-likeness (QED) is 0.387. The largest absolute Gasteiger partial charge is 0.311 e. The van der Waals surface area contributed by atoms with E-state index in [0.29, 0.717) is 12.1 Å². The summed E-state index contributed by atoms with van der Waals surface area (Å²) < 4.78 is 0. The van der Waals surface area contributed by atoms with Gasteiger partial charge in [-0.1, -0.05) is 79.6 Å². The van der Waals surface area contributed by atoms with Crippen molar-refractivity contribution < 1.29 is 0 Å². The zero-order valence-corrected chi connectivity index (χ0v) is 16.0. The van der Waals surface area contributed by atoms with E-state index >= 15 is 0 Å². The van der Waals surface area contributed by atoms with E-state index in [-0.39, 0.29) is 0 Å². The summed E-state index contributed by atoms with van der Waals surface area (Å²) in [7, 11) is 0. The molecule has 0 radical (unpaired) electrons. The van der Waals surface area contributed by atoms with Crippen LogP contribution in [-0.4, -0.2) is 12.1 Å². The fraction of sp³-hybridized carbons (Fsp3) is 1.00. The Balaban J connectivity index is 4.63. The van der Waals surface area contributed by atoms with Crippen molar-refractivity contribution in [2.45, 2.75) is 112 Å². The summed E-state index contributed by atoms with van der Waals surface area (Å²) in [5, 5.41) is 3.89. The minimum Gasteiger partial charge on any atom is -0.311 e. The van der Waals surface area contributed by atoms with E-state index in [4.69, 9.17) is 0 Å². The Kier molecular flexibility index (Phi) is 12.5. The molecule has 128 valence electrons. The molecule has 0 aliphatic carbocycles. The summed E-state index contributed by atoms with van der Waals surface area (Å²) in [6.45, 7) is 16.5. The first-order chi connectivity index (χ1) is 9.97. The van der Waals surface area contributed by atoms with Crippen LogP contribution in [0.1, 0.15) is 99.8 Å². The van der Waals surface area contributed by atoms with Crippen molar-refractivity contribution in [1.82, 2.24) is 5.32 Å². The Morgan fingerprint density at radius 3 is 1.81 bits per heavy atom. The zero-order valence-electron chi connectivity index (χ0n) is 16.0. The van der Waals surface area contributed by atoms with Gasteiger partial charge >= 0.3 is 0 Å². The molecule has 1 N–H and O–H groups in total. The van der Waals surface area contributed by atoms with Crippen LogP contribution in [-0.2, 0) is 0 Å². The predicted molar refractivity (Wildman–Crippen MR) is 97.8 cm³/mol. The lowest BCUT2D eigenvalue weighted by Gasteiger charge is -2.35. The summed E-state index contributed by atoms with van der Waals surface area (Å²) >= 11 is 0. The van der Waals surface area contributed by atoms with Crippen LogP contribution < -0.4 is 5.32 Å². The van der Waals surface area contributed by atoms with Gasteiger partial charge in [-0.25, -0.2) is 0 Å². The van der Waals surface area contributed by atoms with Crippen LogP contribution in [0.4, 0.5) is 0 Å². The molecule has 0 aliphatic rings. The highest BCUT2D eigenvalue weighted by Gasteiger charge is 2.26. The normalized spacial score (nSPS) is 17.7. The number of unbranched alkanes of at least 4 members (excludes halogenated alkanes) is 3. The topological polar surface area (TPSA) is 12.0 Å². The Hall–Kier alpha value is -0.0400. The summed E-state index contributed by atoms with van der Waals surface area (Å²) in [6.07, 6.45) is 11.1. The Labute approximate surface area is 135 Å². The van der Waals surface area contributed by atoms with Gasteiger partial charge in [0.2, 0.25) is 0 Å². The van der Waals surface area contributed by atoms with Crippen LogP contribution in [0.3, 0.4) is 0 Å². The zero-order chi connectivity index (χ0) is 16.3. The molecule has 0 aromatic heterocycles. The SMILES string of the molecule is CCCCCC(CC)[C@@H](CCCC)C(C)NC(C)C(C)C. The molecule has 0 bridgehead atoms. The van der Waals surface area contributed by atoms with Gasteiger partial charge in [0.1, 0.15) is 0 Å². The van der Waals surface area contributed by atoms with Gasteiger partial charge in [0.25, 0.3) is 0 Å². The van der Waals surface area contributed by atoms with Gasteiger partial charge in [0.05, 0.1) is 0 Å². The molecular formula is C20H43N. The third-order valence-electron chi connectivity index (χ3n) is 5.37. The van der Waals surface area contributed by atoms with E-state index in [0.717, 1.165) is 17.8 Å². The van der Waals surface area contributed by atoms with Gasteiger partial charge in [0.15, 0.2) is 0 Å². The smallest absolute Gasteiger partial charge is 0.00722 e. The van der Waals surface area contributed by atoms with Gasteiger partial charge < -0.3 is 5.32 Å². The van der Waals surface area contributed by atoms with E-state index < -0.39 is 0 Å². The third kappa shape index (κ3) is 8.86. The number of hydrogen-bond donors (Lipinski definition) is 1. The fourth-order valence-electron chi connectivity index (χ4n) is 3.44. The molecule has 1 nitrogen and oxygen atoms in total. The van der Waals surface area contributed by atoms with Gasteiger partial charge in [0, 0.05) is 12.1 Å². The maximum Gasteiger partial charge on any atom is 0.00722 e. The van der Waals surface area contributed by atoms with Crippen molar-refractivity contribution in [3.05, 3.63) is 0 Å². The molecule has 1 heteroatoms. The van der Waals surface area contributed by atoms with E-state index in [1.807, 2.05) is 0 Å². The molecule has 0 rings (SSSR count). The van der Waals surface area contributed by atoms with Crippen molar-refractivity contribution in [3.8, 4) is 0 Å². The first-order valence-electron chi connectivity index (χ1n) is 9.73. The van der Waals surface area contributed by atoms with Crippen molar-refractivity contribution in [2.75, 3.05) is 0 Å². The van der Waals surface area contributed by atoms with E-state index in [2.05, 4.69) is 53.8 Å². The maximum absolute atomic E-state index is 3.89. The monoisotopic (exact) mass is 297 g/mol. The second-order valence-electron chi connectivity index (χ2n) is 7.46. The molecular weight excluding hydrogens is 254 g/mol. The molecule has 21 heavy (non-hydrogen) atoms. The Morgan fingerprint density at radius 2 is 1.33 bits per heavy atom. The summed E-state index contributed by atoms with van der Waals surface area (Å²) in [4.78, 5) is 0. The minimum atomic E-state index is 0.622. The number of rotatable bonds is 13. The van der Waals surface area contributed by atoms with E-state index in [9.17, 15) is 0 Å². The van der Waals surface area contributed by atoms with Crippen LogP contribution in [0.25, 0.3) is 0 Å². The highest BCUT2D eigenvalue weighted by molar-refractivity contribution is 4.81. The molecule has 0 fully saturated rings. The van der Waals surface area contributed by atoms with Gasteiger partial charge in [-0.05, 0) is 38.0 Å². The molecule has 0 saturated heterocycles. The lowest BCUT2D eigenvalue weighted by Crippen LogP contribution is -2.44. The van der Waals surface area contributed by atoms with Crippen LogP contribution >= 0.6 is 0 Å². The molecule has 0 spiro atoms. The van der Waals surface area contributed by atoms with Crippen LogP contribution in [0.15, 0.2) is 0 Å². The van der Waals surface area contributed by atoms with Gasteiger partial charge in [-0.3, -0.25) is 0 Å². The van der Waals surface area contributed by atoms with E-state index in [1.165, 1.54) is 51.4 Å². The second-order valence-corrected chi connectivity index (χ2v) is 7.46. The molecule has 0 aromatic carbocycles. The van der Waals surface area contributed by atoms with Crippen LogP contribution in [0.2, 0.25) is 0 Å². The maximum atomic E-state index is 3.89. The standard InChI is InChI=1S/C20H43N/c1-8-11-13-14-19(10-3)20(15-12-9-2)18(7)21-17(6)16(4)5/h16-21H,8-15H2,1-7H3/t17?,18?,19?,20-/m0/s1. The molecule has 0 aromatic rings. The molecule has 0 saturated carbocycles. The lowest BCUT2D eigenvalue weighted by atomic mass is 9.78. The van der Waals surface area contributed by atoms with Crippen molar-refractivity contribution >= 4 is 0 Å². The molecule has 0 aliphatic heterocycles. The highest BCUT2D eigenvalue weighted by atomic mass is 14.9. The molecule has 3 unspecified atom stereocenters. The molecule has 0 amide bonds. The Morgan fingerprint density at radius 1 is 0.714 bits per heavy atom. The first-order valence-corrected chi connectivity index (χ1v) is 9.73. The average Bonchev–Trinajstić information content (AvgIpc) is 2.45. The Bertz CT molecular complexity index is 224. The average molecular weight is 298 g/mol. The number of nitrogens with one attached hydrogen (secondary N) is 1. The summed E-state index contributed by atoms with van der Waals surface area (Å²) in [6, 6.07) is 1.28. The highest BCUT2D eigenvalue weighted by Crippen LogP contribution is 2.30. The summed E-state index contributed by atoms with van der Waals surface area (Å²) in [5.41, 5.74) is 0. The number of hydrogen-bond acceptors (Lipinski definition) is 1. The fourth-order valence-corrected chi connectivity index (χ4v) is 3.44. The van der Waals surface area contributed by atoms with Crippen molar-refractivity contribution in [1.29, 1.82) is 0 Å². The lowest BCUT2D eigenvalue weighted by molar-refractivity contribution is 0.199. The molecule has 4 atom stereocenters.